The summed E-state index contributed by atoms with van der Waals surface area (Å²) >= 11 is 0. The van der Waals surface area contributed by atoms with E-state index in [1.807, 2.05) is 35.0 Å². The van der Waals surface area contributed by atoms with Crippen LogP contribution < -0.4 is 5.32 Å². The summed E-state index contributed by atoms with van der Waals surface area (Å²) in [6.45, 7) is 0. The second-order valence-electron chi connectivity index (χ2n) is 6.02. The van der Waals surface area contributed by atoms with Crippen LogP contribution in [0.2, 0.25) is 0 Å². The Labute approximate surface area is 145 Å². The molecule has 0 atom stereocenters. The van der Waals surface area contributed by atoms with Gasteiger partial charge in [0.15, 0.2) is 5.69 Å². The van der Waals surface area contributed by atoms with Gasteiger partial charge in [-0.2, -0.15) is 10.4 Å². The highest BCUT2D eigenvalue weighted by Gasteiger charge is 2.26. The van der Waals surface area contributed by atoms with Crippen molar-refractivity contribution >= 4 is 11.6 Å². The summed E-state index contributed by atoms with van der Waals surface area (Å²) < 4.78 is 1.88. The number of amides is 1. The molecule has 0 spiro atoms. The smallest absolute Gasteiger partial charge is 0.276 e. The van der Waals surface area contributed by atoms with Crippen molar-refractivity contribution < 1.29 is 4.79 Å². The molecular formula is C20H16N4O. The van der Waals surface area contributed by atoms with Gasteiger partial charge in [-0.05, 0) is 49.6 Å². The molecule has 4 rings (SSSR count). The van der Waals surface area contributed by atoms with Gasteiger partial charge in [0, 0.05) is 16.9 Å². The maximum absolute atomic E-state index is 12.7. The molecule has 3 aromatic rings. The van der Waals surface area contributed by atoms with Crippen LogP contribution in [0.1, 0.15) is 33.7 Å². The molecular weight excluding hydrogens is 312 g/mol. The molecule has 1 amide bonds. The number of aromatic nitrogens is 2. The highest BCUT2D eigenvalue weighted by Crippen LogP contribution is 2.28. The van der Waals surface area contributed by atoms with Gasteiger partial charge in [-0.3, -0.25) is 4.79 Å². The van der Waals surface area contributed by atoms with Gasteiger partial charge in [0.2, 0.25) is 0 Å². The lowest BCUT2D eigenvalue weighted by Crippen LogP contribution is -2.15. The van der Waals surface area contributed by atoms with Gasteiger partial charge in [0.1, 0.15) is 0 Å². The first kappa shape index (κ1) is 15.2. The summed E-state index contributed by atoms with van der Waals surface area (Å²) in [6.07, 6.45) is 2.82. The number of nitriles is 1. The van der Waals surface area contributed by atoms with Gasteiger partial charge in [0.05, 0.1) is 17.3 Å². The molecule has 0 unspecified atom stereocenters. The molecule has 5 nitrogen and oxygen atoms in total. The molecule has 1 aliphatic rings. The number of hydrogen-bond acceptors (Lipinski definition) is 3. The minimum Gasteiger partial charge on any atom is -0.321 e. The molecule has 1 heterocycles. The Morgan fingerprint density at radius 3 is 2.76 bits per heavy atom. The number of carbonyl (C=O) groups excluding carboxylic acids is 1. The second kappa shape index (κ2) is 6.25. The van der Waals surface area contributed by atoms with Gasteiger partial charge in [-0.15, -0.1) is 0 Å². The van der Waals surface area contributed by atoms with Crippen LogP contribution >= 0.6 is 0 Å². The van der Waals surface area contributed by atoms with E-state index in [1.165, 1.54) is 0 Å². The average Bonchev–Trinajstić information content (AvgIpc) is 3.25. The molecule has 0 saturated carbocycles. The first-order valence-corrected chi connectivity index (χ1v) is 8.24. The molecule has 25 heavy (non-hydrogen) atoms. The van der Waals surface area contributed by atoms with E-state index in [1.54, 1.807) is 24.3 Å². The number of hydrogen-bond donors (Lipinski definition) is 1. The Morgan fingerprint density at radius 1 is 1.12 bits per heavy atom. The third-order valence-electron chi connectivity index (χ3n) is 4.40. The third-order valence-corrected chi connectivity index (χ3v) is 4.40. The van der Waals surface area contributed by atoms with Gasteiger partial charge in [0.25, 0.3) is 5.91 Å². The van der Waals surface area contributed by atoms with E-state index in [-0.39, 0.29) is 5.91 Å². The van der Waals surface area contributed by atoms with E-state index in [0.29, 0.717) is 16.9 Å². The van der Waals surface area contributed by atoms with Crippen LogP contribution in [0.25, 0.3) is 5.69 Å². The van der Waals surface area contributed by atoms with Gasteiger partial charge < -0.3 is 5.32 Å². The Kier molecular flexibility index (Phi) is 3.79. The molecule has 0 bridgehead atoms. The molecule has 122 valence electrons. The molecule has 2 aromatic carbocycles. The number of rotatable bonds is 3. The summed E-state index contributed by atoms with van der Waals surface area (Å²) in [5.74, 6) is -0.233. The fourth-order valence-electron chi connectivity index (χ4n) is 3.26. The number of benzene rings is 2. The highest BCUT2D eigenvalue weighted by atomic mass is 16.2. The minimum atomic E-state index is -0.233. The van der Waals surface area contributed by atoms with Crippen molar-refractivity contribution in [3.05, 3.63) is 77.1 Å². The first-order chi connectivity index (χ1) is 12.3. The van der Waals surface area contributed by atoms with Crippen LogP contribution in [0.15, 0.2) is 54.6 Å². The zero-order chi connectivity index (χ0) is 17.2. The minimum absolute atomic E-state index is 0.233. The highest BCUT2D eigenvalue weighted by molar-refractivity contribution is 6.04. The normalized spacial score (nSPS) is 12.4. The quantitative estimate of drug-likeness (QED) is 0.800. The number of anilines is 1. The van der Waals surface area contributed by atoms with Gasteiger partial charge in [-0.1, -0.05) is 24.3 Å². The summed E-state index contributed by atoms with van der Waals surface area (Å²) in [4.78, 5) is 12.7. The van der Waals surface area contributed by atoms with E-state index >= 15 is 0 Å². The maximum Gasteiger partial charge on any atom is 0.276 e. The van der Waals surface area contributed by atoms with Crippen LogP contribution in [-0.4, -0.2) is 15.7 Å². The fourth-order valence-corrected chi connectivity index (χ4v) is 3.26. The predicted molar refractivity (Wildman–Crippen MR) is 94.7 cm³/mol. The topological polar surface area (TPSA) is 70.7 Å². The predicted octanol–water partition coefficient (Wildman–Crippen LogP) is 3.48. The van der Waals surface area contributed by atoms with Crippen LogP contribution in [0.4, 0.5) is 5.69 Å². The zero-order valence-corrected chi connectivity index (χ0v) is 13.6. The van der Waals surface area contributed by atoms with Crippen molar-refractivity contribution in [2.45, 2.75) is 19.3 Å². The molecule has 0 radical (unpaired) electrons. The number of nitrogens with zero attached hydrogens (tertiary/aromatic N) is 3. The molecule has 1 aliphatic carbocycles. The van der Waals surface area contributed by atoms with Crippen molar-refractivity contribution in [2.75, 3.05) is 5.32 Å². The zero-order valence-electron chi connectivity index (χ0n) is 13.6. The maximum atomic E-state index is 12.7. The Balaban J connectivity index is 1.69. The van der Waals surface area contributed by atoms with Crippen molar-refractivity contribution in [2.24, 2.45) is 0 Å². The first-order valence-electron chi connectivity index (χ1n) is 8.24. The summed E-state index contributed by atoms with van der Waals surface area (Å²) in [7, 11) is 0. The molecule has 0 saturated heterocycles. The number of fused-ring (bicyclic) bond motifs is 1. The Bertz CT molecular complexity index is 983. The number of carbonyl (C=O) groups is 1. The molecule has 1 N–H and O–H groups in total. The summed E-state index contributed by atoms with van der Waals surface area (Å²) in [5.41, 5.74) is 4.69. The van der Waals surface area contributed by atoms with Crippen molar-refractivity contribution in [3.8, 4) is 11.8 Å². The van der Waals surface area contributed by atoms with Gasteiger partial charge >= 0.3 is 0 Å². The fraction of sp³-hybridized carbons (Fsp3) is 0.150. The largest absolute Gasteiger partial charge is 0.321 e. The lowest BCUT2D eigenvalue weighted by Gasteiger charge is -2.05. The molecule has 0 fully saturated rings. The van der Waals surface area contributed by atoms with Crippen LogP contribution in [0.3, 0.4) is 0 Å². The standard InChI is InChI=1S/C20H16N4O/c21-13-14-6-4-7-15(12-14)22-20(25)19-17-10-5-11-18(17)24(23-19)16-8-2-1-3-9-16/h1-4,6-9,12H,5,10-11H2,(H,22,25). The van der Waals surface area contributed by atoms with E-state index < -0.39 is 0 Å². The lowest BCUT2D eigenvalue weighted by molar-refractivity contribution is 0.102. The van der Waals surface area contributed by atoms with Gasteiger partial charge in [-0.25, -0.2) is 4.68 Å². The summed E-state index contributed by atoms with van der Waals surface area (Å²) in [6, 6.07) is 18.8. The van der Waals surface area contributed by atoms with Crippen molar-refractivity contribution in [1.29, 1.82) is 5.26 Å². The third kappa shape index (κ3) is 2.79. The Morgan fingerprint density at radius 2 is 1.96 bits per heavy atom. The summed E-state index contributed by atoms with van der Waals surface area (Å²) in [5, 5.41) is 16.4. The lowest BCUT2D eigenvalue weighted by atomic mass is 10.1. The SMILES string of the molecule is N#Cc1cccc(NC(=O)c2nn(-c3ccccc3)c3c2CCC3)c1. The van der Waals surface area contributed by atoms with Crippen molar-refractivity contribution in [1.82, 2.24) is 9.78 Å². The van der Waals surface area contributed by atoms with Crippen LogP contribution in [-0.2, 0) is 12.8 Å². The van der Waals surface area contributed by atoms with E-state index in [2.05, 4.69) is 16.5 Å². The van der Waals surface area contributed by atoms with E-state index in [0.717, 1.165) is 36.2 Å². The molecule has 1 aromatic heterocycles. The number of nitrogens with one attached hydrogen (secondary N) is 1. The van der Waals surface area contributed by atoms with Crippen LogP contribution in [0.5, 0.6) is 0 Å². The van der Waals surface area contributed by atoms with Crippen LogP contribution in [0, 0.1) is 11.3 Å². The van der Waals surface area contributed by atoms with E-state index in [9.17, 15) is 4.79 Å². The monoisotopic (exact) mass is 328 g/mol. The number of para-hydroxylation sites is 1. The van der Waals surface area contributed by atoms with E-state index in [4.69, 9.17) is 5.26 Å². The average molecular weight is 328 g/mol. The second-order valence-corrected chi connectivity index (χ2v) is 6.02. The molecule has 0 aliphatic heterocycles. The molecule has 5 heteroatoms. The van der Waals surface area contributed by atoms with Crippen molar-refractivity contribution in [3.63, 3.8) is 0 Å². The Hall–Kier alpha value is -3.39.